The molecule has 0 bridgehead atoms. The molecule has 0 amide bonds. The standard InChI is InChI=1S/C11H15ClN2/c12-13-10-4-6-11(7-5-10)14-8-2-1-3-9-14/h4-7,13H,1-3,8-9H2. The molecular weight excluding hydrogens is 196 g/mol. The topological polar surface area (TPSA) is 15.3 Å². The van der Waals surface area contributed by atoms with Gasteiger partial charge in [0.25, 0.3) is 0 Å². The molecule has 0 atom stereocenters. The maximum absolute atomic E-state index is 5.50. The molecule has 1 saturated heterocycles. The predicted molar refractivity (Wildman–Crippen MR) is 62.0 cm³/mol. The van der Waals surface area contributed by atoms with Crippen LogP contribution < -0.4 is 9.74 Å². The van der Waals surface area contributed by atoms with Crippen LogP contribution in [0.25, 0.3) is 0 Å². The summed E-state index contributed by atoms with van der Waals surface area (Å²) in [5.41, 5.74) is 2.26. The smallest absolute Gasteiger partial charge is 0.0493 e. The first-order chi connectivity index (χ1) is 6.90. The average Bonchev–Trinajstić information content (AvgIpc) is 2.30. The molecule has 1 aromatic carbocycles. The second kappa shape index (κ2) is 4.56. The molecule has 76 valence electrons. The van der Waals surface area contributed by atoms with Crippen molar-refractivity contribution < 1.29 is 0 Å². The predicted octanol–water partition coefficient (Wildman–Crippen LogP) is 3.24. The van der Waals surface area contributed by atoms with Crippen LogP contribution in [0.3, 0.4) is 0 Å². The van der Waals surface area contributed by atoms with Gasteiger partial charge in [0.1, 0.15) is 0 Å². The number of nitrogens with one attached hydrogen (secondary N) is 1. The molecule has 0 radical (unpaired) electrons. The van der Waals surface area contributed by atoms with E-state index in [1.54, 1.807) is 0 Å². The summed E-state index contributed by atoms with van der Waals surface area (Å²) in [5, 5.41) is 0. The van der Waals surface area contributed by atoms with Crippen molar-refractivity contribution in [2.45, 2.75) is 19.3 Å². The summed E-state index contributed by atoms with van der Waals surface area (Å²) in [6.45, 7) is 2.38. The monoisotopic (exact) mass is 210 g/mol. The number of nitrogens with zero attached hydrogens (tertiary/aromatic N) is 1. The summed E-state index contributed by atoms with van der Waals surface area (Å²) in [6, 6.07) is 8.26. The highest BCUT2D eigenvalue weighted by molar-refractivity contribution is 6.23. The lowest BCUT2D eigenvalue weighted by Crippen LogP contribution is -2.29. The lowest BCUT2D eigenvalue weighted by atomic mass is 10.1. The molecular formula is C11H15ClN2. The zero-order valence-electron chi connectivity index (χ0n) is 8.17. The van der Waals surface area contributed by atoms with Gasteiger partial charge in [-0.2, -0.15) is 0 Å². The highest BCUT2D eigenvalue weighted by Gasteiger charge is 2.09. The molecule has 14 heavy (non-hydrogen) atoms. The van der Waals surface area contributed by atoms with Crippen molar-refractivity contribution >= 4 is 23.2 Å². The molecule has 2 nitrogen and oxygen atoms in total. The van der Waals surface area contributed by atoms with Crippen molar-refractivity contribution in [1.29, 1.82) is 0 Å². The Morgan fingerprint density at radius 2 is 1.64 bits per heavy atom. The lowest BCUT2D eigenvalue weighted by molar-refractivity contribution is 0.578. The van der Waals surface area contributed by atoms with Crippen molar-refractivity contribution in [2.75, 3.05) is 22.8 Å². The molecule has 0 aliphatic carbocycles. The first-order valence-electron chi connectivity index (χ1n) is 5.12. The molecule has 0 aromatic heterocycles. The van der Waals surface area contributed by atoms with Crippen molar-refractivity contribution in [3.05, 3.63) is 24.3 Å². The van der Waals surface area contributed by atoms with Crippen molar-refractivity contribution in [3.8, 4) is 0 Å². The van der Waals surface area contributed by atoms with Crippen LogP contribution in [-0.2, 0) is 0 Å². The van der Waals surface area contributed by atoms with Gasteiger partial charge >= 0.3 is 0 Å². The molecule has 2 rings (SSSR count). The zero-order chi connectivity index (χ0) is 9.80. The van der Waals surface area contributed by atoms with Crippen LogP contribution in [0.15, 0.2) is 24.3 Å². The molecule has 1 aromatic rings. The summed E-state index contributed by atoms with van der Waals surface area (Å²) in [4.78, 5) is 5.04. The van der Waals surface area contributed by atoms with E-state index in [0.717, 1.165) is 5.69 Å². The van der Waals surface area contributed by atoms with Gasteiger partial charge in [-0.1, -0.05) is 0 Å². The maximum Gasteiger partial charge on any atom is 0.0493 e. The SMILES string of the molecule is ClNc1ccc(N2CCCCC2)cc1. The van der Waals surface area contributed by atoms with E-state index in [9.17, 15) is 0 Å². The molecule has 1 aliphatic rings. The van der Waals surface area contributed by atoms with E-state index in [4.69, 9.17) is 11.8 Å². The Morgan fingerprint density at radius 1 is 1.00 bits per heavy atom. The highest BCUT2D eigenvalue weighted by atomic mass is 35.5. The van der Waals surface area contributed by atoms with Crippen molar-refractivity contribution in [3.63, 3.8) is 0 Å². The van der Waals surface area contributed by atoms with Crippen LogP contribution in [0.1, 0.15) is 19.3 Å². The van der Waals surface area contributed by atoms with Gasteiger partial charge in [0.15, 0.2) is 0 Å². The van der Waals surface area contributed by atoms with Gasteiger partial charge in [-0.25, -0.2) is 0 Å². The Balaban J connectivity index is 2.07. The van der Waals surface area contributed by atoms with E-state index >= 15 is 0 Å². The second-order valence-corrected chi connectivity index (χ2v) is 3.88. The molecule has 0 saturated carbocycles. The first-order valence-corrected chi connectivity index (χ1v) is 5.49. The quantitative estimate of drug-likeness (QED) is 0.754. The van der Waals surface area contributed by atoms with E-state index < -0.39 is 0 Å². The van der Waals surface area contributed by atoms with Crippen LogP contribution >= 0.6 is 11.8 Å². The van der Waals surface area contributed by atoms with E-state index in [1.807, 2.05) is 12.1 Å². The fourth-order valence-electron chi connectivity index (χ4n) is 1.89. The number of benzene rings is 1. The summed E-state index contributed by atoms with van der Waals surface area (Å²) in [5.74, 6) is 0. The summed E-state index contributed by atoms with van der Waals surface area (Å²) >= 11 is 5.50. The molecule has 1 heterocycles. The normalized spacial score (nSPS) is 16.8. The minimum Gasteiger partial charge on any atom is -0.372 e. The summed E-state index contributed by atoms with van der Waals surface area (Å²) < 4.78 is 0. The first kappa shape index (κ1) is 9.66. The van der Waals surface area contributed by atoms with Gasteiger partial charge < -0.3 is 4.90 Å². The number of hydrogen-bond donors (Lipinski definition) is 1. The van der Waals surface area contributed by atoms with Crippen LogP contribution in [0.5, 0.6) is 0 Å². The van der Waals surface area contributed by atoms with E-state index in [1.165, 1.54) is 38.0 Å². The van der Waals surface area contributed by atoms with Crippen LogP contribution in [0, 0.1) is 0 Å². The van der Waals surface area contributed by atoms with Gasteiger partial charge in [-0.05, 0) is 43.5 Å². The number of hydrogen-bond acceptors (Lipinski definition) is 2. The fraction of sp³-hybridized carbons (Fsp3) is 0.455. The Labute approximate surface area is 90.0 Å². The Hall–Kier alpha value is -0.890. The van der Waals surface area contributed by atoms with Crippen molar-refractivity contribution in [2.24, 2.45) is 0 Å². The summed E-state index contributed by atoms with van der Waals surface area (Å²) in [7, 11) is 0. The van der Waals surface area contributed by atoms with Gasteiger partial charge in [0.2, 0.25) is 0 Å². The minimum atomic E-state index is 0.951. The third-order valence-corrected chi connectivity index (χ3v) is 2.92. The Bertz CT molecular complexity index is 278. The Morgan fingerprint density at radius 3 is 2.21 bits per heavy atom. The van der Waals surface area contributed by atoms with E-state index in [-0.39, 0.29) is 0 Å². The van der Waals surface area contributed by atoms with Crippen LogP contribution in [0.4, 0.5) is 11.4 Å². The minimum absolute atomic E-state index is 0.951. The maximum atomic E-state index is 5.50. The molecule has 0 spiro atoms. The van der Waals surface area contributed by atoms with Crippen LogP contribution in [-0.4, -0.2) is 13.1 Å². The van der Waals surface area contributed by atoms with Gasteiger partial charge in [0.05, 0.1) is 0 Å². The average molecular weight is 211 g/mol. The summed E-state index contributed by atoms with van der Waals surface area (Å²) in [6.07, 6.45) is 4.00. The molecule has 3 heteroatoms. The highest BCUT2D eigenvalue weighted by Crippen LogP contribution is 2.21. The third-order valence-electron chi connectivity index (χ3n) is 2.70. The Kier molecular flexibility index (Phi) is 3.14. The van der Waals surface area contributed by atoms with Gasteiger partial charge in [-0.15, -0.1) is 0 Å². The lowest BCUT2D eigenvalue weighted by Gasteiger charge is -2.28. The van der Waals surface area contributed by atoms with Crippen molar-refractivity contribution in [1.82, 2.24) is 0 Å². The molecule has 0 unspecified atom stereocenters. The van der Waals surface area contributed by atoms with E-state index in [2.05, 4.69) is 21.9 Å². The molecule has 1 aliphatic heterocycles. The zero-order valence-corrected chi connectivity index (χ0v) is 8.93. The van der Waals surface area contributed by atoms with Gasteiger partial charge in [-0.3, -0.25) is 4.84 Å². The third kappa shape index (κ3) is 2.13. The number of rotatable bonds is 2. The second-order valence-electron chi connectivity index (χ2n) is 3.69. The fourth-order valence-corrected chi connectivity index (χ4v) is 2.01. The molecule has 1 fully saturated rings. The number of halogens is 1. The van der Waals surface area contributed by atoms with Gasteiger partial charge in [0, 0.05) is 36.2 Å². The van der Waals surface area contributed by atoms with Crippen LogP contribution in [0.2, 0.25) is 0 Å². The van der Waals surface area contributed by atoms with E-state index in [0.29, 0.717) is 0 Å². The number of anilines is 2. The number of piperidine rings is 1. The molecule has 1 N–H and O–H groups in total. The largest absolute Gasteiger partial charge is 0.372 e.